The number of nitrogens with one attached hydrogen (secondary N) is 2. The van der Waals surface area contributed by atoms with E-state index < -0.39 is 42.1 Å². The second-order valence-corrected chi connectivity index (χ2v) is 10.3. The van der Waals surface area contributed by atoms with Gasteiger partial charge in [0.2, 0.25) is 5.91 Å². The summed E-state index contributed by atoms with van der Waals surface area (Å²) in [5.74, 6) is -1.98. The van der Waals surface area contributed by atoms with Crippen LogP contribution in [0.2, 0.25) is 0 Å². The minimum Gasteiger partial charge on any atom is -0.508 e. The van der Waals surface area contributed by atoms with Crippen molar-refractivity contribution in [2.24, 2.45) is 0 Å². The van der Waals surface area contributed by atoms with Crippen molar-refractivity contribution in [2.75, 3.05) is 6.54 Å². The van der Waals surface area contributed by atoms with E-state index in [2.05, 4.69) is 10.6 Å². The van der Waals surface area contributed by atoms with Crippen LogP contribution >= 0.6 is 11.3 Å². The molecule has 8 nitrogen and oxygen atoms in total. The van der Waals surface area contributed by atoms with Gasteiger partial charge in [-0.3, -0.25) is 14.4 Å². The molecule has 4 unspecified atom stereocenters. The highest BCUT2D eigenvalue weighted by atomic mass is 32.1. The molecule has 10 heteroatoms. The predicted octanol–water partition coefficient (Wildman–Crippen LogP) is 2.72. The lowest BCUT2D eigenvalue weighted by molar-refractivity contribution is -0.146. The maximum Gasteiger partial charge on any atom is 0.254 e. The lowest BCUT2D eigenvalue weighted by Crippen LogP contribution is -2.55. The molecule has 2 heterocycles. The zero-order valence-corrected chi connectivity index (χ0v) is 21.7. The van der Waals surface area contributed by atoms with Gasteiger partial charge in [0.1, 0.15) is 18.0 Å². The molecule has 0 bridgehead atoms. The fraction of sp³-hybridized carbons (Fsp3) is 0.321. The molecule has 0 aliphatic carbocycles. The third-order valence-corrected chi connectivity index (χ3v) is 7.53. The second kappa shape index (κ2) is 12.2. The van der Waals surface area contributed by atoms with Gasteiger partial charge < -0.3 is 25.7 Å². The summed E-state index contributed by atoms with van der Waals surface area (Å²) in [4.78, 5) is 41.4. The standard InChI is InChI=1S/C28H30FN3O5S/c1-17-21(10-5-11-24(17)33)26(35)31-22(13-18-7-3-2-4-8-18)25(34)28(37)32-16-19(29)14-23(32)27(36)30-15-20-9-6-12-38-20/h2-12,19,22-23,25,33-34H,13-16H2,1H3,(H,30,36)(H,31,35). The molecular formula is C28H30FN3O5S. The Morgan fingerprint density at radius 2 is 1.87 bits per heavy atom. The van der Waals surface area contributed by atoms with Gasteiger partial charge in [0, 0.05) is 22.4 Å². The predicted molar refractivity (Wildman–Crippen MR) is 141 cm³/mol. The SMILES string of the molecule is Cc1c(O)cccc1C(=O)NC(Cc1ccccc1)C(O)C(=O)N1CC(F)CC1C(=O)NCc1cccs1. The summed E-state index contributed by atoms with van der Waals surface area (Å²) in [5.41, 5.74) is 1.30. The second-order valence-electron chi connectivity index (χ2n) is 9.30. The first kappa shape index (κ1) is 27.3. The minimum atomic E-state index is -1.74. The Labute approximate surface area is 224 Å². The Morgan fingerprint density at radius 1 is 1.11 bits per heavy atom. The van der Waals surface area contributed by atoms with E-state index in [-0.39, 0.29) is 37.2 Å². The molecule has 3 amide bonds. The fourth-order valence-corrected chi connectivity index (χ4v) is 5.19. The number of phenolic OH excluding ortho intramolecular Hbond substituents is 1. The number of carbonyl (C=O) groups excluding carboxylic acids is 3. The quantitative estimate of drug-likeness (QED) is 0.334. The normalized spacial score (nSPS) is 18.6. The van der Waals surface area contributed by atoms with Crippen molar-refractivity contribution in [3.8, 4) is 5.75 Å². The van der Waals surface area contributed by atoms with E-state index in [1.807, 2.05) is 23.6 Å². The van der Waals surface area contributed by atoms with Gasteiger partial charge in [-0.25, -0.2) is 4.39 Å². The number of amides is 3. The molecule has 1 saturated heterocycles. The molecule has 4 atom stereocenters. The molecule has 1 aliphatic heterocycles. The van der Waals surface area contributed by atoms with Crippen LogP contribution in [-0.4, -0.2) is 63.7 Å². The van der Waals surface area contributed by atoms with Gasteiger partial charge in [0.15, 0.2) is 6.10 Å². The Morgan fingerprint density at radius 3 is 2.58 bits per heavy atom. The monoisotopic (exact) mass is 539 g/mol. The van der Waals surface area contributed by atoms with Gasteiger partial charge in [-0.15, -0.1) is 11.3 Å². The number of benzene rings is 2. The Kier molecular flexibility index (Phi) is 8.75. The van der Waals surface area contributed by atoms with E-state index >= 15 is 0 Å². The van der Waals surface area contributed by atoms with E-state index in [1.165, 1.54) is 29.5 Å². The van der Waals surface area contributed by atoms with Gasteiger partial charge in [0.25, 0.3) is 11.8 Å². The van der Waals surface area contributed by atoms with Crippen molar-refractivity contribution in [3.63, 3.8) is 0 Å². The molecule has 1 aromatic heterocycles. The summed E-state index contributed by atoms with van der Waals surface area (Å²) in [6, 6.07) is 15.1. The maximum atomic E-state index is 14.4. The van der Waals surface area contributed by atoms with E-state index in [4.69, 9.17) is 0 Å². The van der Waals surface area contributed by atoms with Crippen LogP contribution in [0.4, 0.5) is 4.39 Å². The largest absolute Gasteiger partial charge is 0.508 e. The van der Waals surface area contributed by atoms with Gasteiger partial charge >= 0.3 is 0 Å². The number of carbonyl (C=O) groups is 3. The summed E-state index contributed by atoms with van der Waals surface area (Å²) in [6.07, 6.45) is -3.22. The minimum absolute atomic E-state index is 0.0589. The van der Waals surface area contributed by atoms with Crippen LogP contribution in [0.5, 0.6) is 5.75 Å². The summed E-state index contributed by atoms with van der Waals surface area (Å²) in [7, 11) is 0. The van der Waals surface area contributed by atoms with Crippen molar-refractivity contribution < 1.29 is 29.0 Å². The lowest BCUT2D eigenvalue weighted by Gasteiger charge is -2.30. The van der Waals surface area contributed by atoms with E-state index in [0.717, 1.165) is 15.3 Å². The maximum absolute atomic E-state index is 14.4. The number of aliphatic hydroxyl groups excluding tert-OH is 1. The van der Waals surface area contributed by atoms with Gasteiger partial charge in [-0.05, 0) is 42.5 Å². The molecule has 1 fully saturated rings. The first-order valence-corrected chi connectivity index (χ1v) is 13.2. The number of aromatic hydroxyl groups is 1. The van der Waals surface area contributed by atoms with Crippen LogP contribution < -0.4 is 10.6 Å². The molecule has 3 aromatic rings. The number of aliphatic hydroxyl groups is 1. The number of halogens is 1. The van der Waals surface area contributed by atoms with Gasteiger partial charge in [-0.2, -0.15) is 0 Å². The fourth-order valence-electron chi connectivity index (χ4n) is 4.55. The first-order valence-electron chi connectivity index (χ1n) is 12.3. The number of hydrogen-bond acceptors (Lipinski definition) is 6. The topological polar surface area (TPSA) is 119 Å². The van der Waals surface area contributed by atoms with E-state index in [9.17, 15) is 29.0 Å². The molecular weight excluding hydrogens is 509 g/mol. The Bertz CT molecular complexity index is 1270. The first-order chi connectivity index (χ1) is 18.2. The zero-order valence-electron chi connectivity index (χ0n) is 20.8. The Hall–Kier alpha value is -3.76. The number of likely N-dealkylation sites (tertiary alicyclic amines) is 1. The highest BCUT2D eigenvalue weighted by Gasteiger charge is 2.43. The lowest BCUT2D eigenvalue weighted by atomic mass is 9.98. The van der Waals surface area contributed by atoms with Crippen LogP contribution in [0.3, 0.4) is 0 Å². The number of alkyl halides is 1. The van der Waals surface area contributed by atoms with Crippen LogP contribution in [0.15, 0.2) is 66.0 Å². The van der Waals surface area contributed by atoms with Crippen molar-refractivity contribution in [2.45, 2.75) is 50.7 Å². The number of thiophene rings is 1. The van der Waals surface area contributed by atoms with E-state index in [1.54, 1.807) is 31.2 Å². The van der Waals surface area contributed by atoms with Crippen molar-refractivity contribution in [3.05, 3.63) is 87.6 Å². The average Bonchev–Trinajstić information content (AvgIpc) is 3.58. The van der Waals surface area contributed by atoms with Crippen LogP contribution in [0.25, 0.3) is 0 Å². The van der Waals surface area contributed by atoms with E-state index in [0.29, 0.717) is 5.56 Å². The van der Waals surface area contributed by atoms with Gasteiger partial charge in [-0.1, -0.05) is 42.5 Å². The molecule has 4 rings (SSSR count). The highest BCUT2D eigenvalue weighted by Crippen LogP contribution is 2.24. The van der Waals surface area contributed by atoms with Crippen LogP contribution in [-0.2, 0) is 22.6 Å². The molecule has 2 aromatic carbocycles. The smallest absolute Gasteiger partial charge is 0.254 e. The number of nitrogens with zero attached hydrogens (tertiary/aromatic N) is 1. The molecule has 4 N–H and O–H groups in total. The number of phenols is 1. The van der Waals surface area contributed by atoms with Crippen LogP contribution in [0.1, 0.15) is 32.8 Å². The zero-order chi connectivity index (χ0) is 27.2. The number of rotatable bonds is 9. The highest BCUT2D eigenvalue weighted by molar-refractivity contribution is 7.09. The van der Waals surface area contributed by atoms with Crippen molar-refractivity contribution in [1.29, 1.82) is 0 Å². The summed E-state index contributed by atoms with van der Waals surface area (Å²) >= 11 is 1.47. The molecule has 0 spiro atoms. The third kappa shape index (κ3) is 6.38. The summed E-state index contributed by atoms with van der Waals surface area (Å²) in [5, 5.41) is 28.5. The molecule has 38 heavy (non-hydrogen) atoms. The Balaban J connectivity index is 1.53. The van der Waals surface area contributed by atoms with Crippen molar-refractivity contribution >= 4 is 29.1 Å². The molecule has 200 valence electrons. The summed E-state index contributed by atoms with van der Waals surface area (Å²) < 4.78 is 14.4. The van der Waals surface area contributed by atoms with Crippen molar-refractivity contribution in [1.82, 2.24) is 15.5 Å². The third-order valence-electron chi connectivity index (χ3n) is 6.65. The van der Waals surface area contributed by atoms with Crippen LogP contribution in [0, 0.1) is 6.92 Å². The molecule has 0 radical (unpaired) electrons. The number of hydrogen-bond donors (Lipinski definition) is 4. The molecule has 1 aliphatic rings. The van der Waals surface area contributed by atoms with Gasteiger partial charge in [0.05, 0.1) is 19.1 Å². The molecule has 0 saturated carbocycles. The summed E-state index contributed by atoms with van der Waals surface area (Å²) in [6.45, 7) is 1.51. The average molecular weight is 540 g/mol.